The fraction of sp³-hybridized carbons (Fsp3) is 0.244. The van der Waals surface area contributed by atoms with Crippen molar-refractivity contribution >= 4 is 58.7 Å². The number of benzene rings is 5. The first-order valence-corrected chi connectivity index (χ1v) is 33.8. The third-order valence-corrected chi connectivity index (χ3v) is 18.2. The summed E-state index contributed by atoms with van der Waals surface area (Å²) in [5, 5.41) is 53.0. The zero-order valence-corrected chi connectivity index (χ0v) is 56.9. The second kappa shape index (κ2) is 32.4. The number of aliphatic hydroxyl groups excluding tert-OH is 1. The number of piperidine rings is 2. The summed E-state index contributed by atoms with van der Waals surface area (Å²) in [4.78, 5) is 66.9. The number of hydrogen-bond acceptors (Lipinski definition) is 21. The molecule has 0 spiro atoms. The van der Waals surface area contributed by atoms with E-state index < -0.39 is 24.0 Å². The Hall–Kier alpha value is -12.9. The Morgan fingerprint density at radius 1 is 0.631 bits per heavy atom. The Morgan fingerprint density at radius 2 is 1.22 bits per heavy atom. The van der Waals surface area contributed by atoms with E-state index in [4.69, 9.17) is 36.4 Å². The van der Waals surface area contributed by atoms with Crippen LogP contribution in [0.25, 0.3) is 39.6 Å². The predicted molar refractivity (Wildman–Crippen MR) is 392 cm³/mol. The molecular weight excluding hydrogens is 1300 g/mol. The first-order valence-electron chi connectivity index (χ1n) is 33.8. The molecule has 4 aliphatic rings. The molecule has 25 nitrogen and oxygen atoms in total. The molecule has 3 aliphatic heterocycles. The minimum atomic E-state index is -1.03. The van der Waals surface area contributed by atoms with Gasteiger partial charge in [0.25, 0.3) is 17.7 Å². The van der Waals surface area contributed by atoms with Gasteiger partial charge in [-0.1, -0.05) is 83.9 Å². The van der Waals surface area contributed by atoms with Crippen LogP contribution in [-0.2, 0) is 14.4 Å². The van der Waals surface area contributed by atoms with Gasteiger partial charge < -0.3 is 72.1 Å². The van der Waals surface area contributed by atoms with E-state index in [0.717, 1.165) is 22.6 Å². The van der Waals surface area contributed by atoms with Crippen LogP contribution in [0.4, 0.5) is 34.8 Å². The lowest BCUT2D eigenvalue weighted by atomic mass is 9.95. The molecule has 3 fully saturated rings. The van der Waals surface area contributed by atoms with Crippen LogP contribution >= 0.6 is 0 Å². The number of aromatic nitrogens is 5. The first kappa shape index (κ1) is 70.0. The van der Waals surface area contributed by atoms with Crippen molar-refractivity contribution in [1.29, 1.82) is 15.8 Å². The number of nitrogens with two attached hydrogens (primary N) is 3. The number of hydrogen-bond donors (Lipinski definition) is 7. The molecule has 6 heterocycles. The lowest BCUT2D eigenvalue weighted by molar-refractivity contribution is -0.555. The molecule has 103 heavy (non-hydrogen) atoms. The molecular formula is C78H77N18O7+. The molecule has 1 aliphatic carbocycles. The van der Waals surface area contributed by atoms with Gasteiger partial charge >= 0.3 is 0 Å². The lowest BCUT2D eigenvalue weighted by Crippen LogP contribution is -2.46. The number of nitrogen functional groups attached to an aromatic ring is 3. The van der Waals surface area contributed by atoms with Gasteiger partial charge in [-0.05, 0) is 159 Å². The molecule has 0 radical (unpaired) electrons. The number of ether oxygens (including phenoxy) is 3. The number of carbonyl (C=O) groups is 3. The van der Waals surface area contributed by atoms with Crippen LogP contribution in [0.5, 0.6) is 28.7 Å². The topological polar surface area (TPSA) is 353 Å². The van der Waals surface area contributed by atoms with Gasteiger partial charge in [0.15, 0.2) is 0 Å². The number of nitrogens with one attached hydrogen (secondary N) is 3. The number of nitriles is 3. The normalized spacial score (nSPS) is 17.5. The summed E-state index contributed by atoms with van der Waals surface area (Å²) in [6.07, 6.45) is 14.5. The zero-order valence-electron chi connectivity index (χ0n) is 56.9. The number of para-hydroxylation sites is 2. The summed E-state index contributed by atoms with van der Waals surface area (Å²) in [6, 6.07) is 48.1. The Bertz CT molecular complexity index is 4730. The van der Waals surface area contributed by atoms with Crippen LogP contribution in [0.3, 0.4) is 0 Å². The summed E-state index contributed by atoms with van der Waals surface area (Å²) in [5.41, 5.74) is 24.9. The van der Waals surface area contributed by atoms with E-state index in [1.807, 2.05) is 122 Å². The monoisotopic (exact) mass is 1380 g/mol. The van der Waals surface area contributed by atoms with E-state index >= 15 is 0 Å². The number of likely N-dealkylation sites (N-methyl/N-ethyl adjacent to an activating group) is 1. The number of nitrogens with zero attached hydrogens (tertiary/aromatic N) is 12. The van der Waals surface area contributed by atoms with Crippen LogP contribution in [0, 0.1) is 39.9 Å². The van der Waals surface area contributed by atoms with E-state index in [2.05, 4.69) is 49.1 Å². The van der Waals surface area contributed by atoms with Crippen LogP contribution in [0.1, 0.15) is 32.1 Å². The van der Waals surface area contributed by atoms with E-state index in [9.17, 15) is 35.3 Å². The van der Waals surface area contributed by atoms with Crippen molar-refractivity contribution < 1.29 is 38.3 Å². The summed E-state index contributed by atoms with van der Waals surface area (Å²) >= 11 is 0. The van der Waals surface area contributed by atoms with Crippen molar-refractivity contribution in [3.05, 3.63) is 211 Å². The Balaban J connectivity index is 0.733. The summed E-state index contributed by atoms with van der Waals surface area (Å²) < 4.78 is 19.8. The maximum absolute atomic E-state index is 14.3. The number of rotatable bonds is 22. The largest absolute Gasteiger partial charge is 0.457 e. The highest BCUT2D eigenvalue weighted by Crippen LogP contribution is 2.38. The van der Waals surface area contributed by atoms with Gasteiger partial charge in [-0.25, -0.2) is 19.5 Å². The van der Waals surface area contributed by atoms with Gasteiger partial charge in [0.1, 0.15) is 98.8 Å². The second-order valence-corrected chi connectivity index (χ2v) is 25.6. The third kappa shape index (κ3) is 16.9. The minimum Gasteiger partial charge on any atom is -0.457 e. The van der Waals surface area contributed by atoms with Gasteiger partial charge in [-0.15, -0.1) is 0 Å². The molecule has 3 atom stereocenters. The fourth-order valence-corrected chi connectivity index (χ4v) is 12.8. The average Bonchev–Trinajstić information content (AvgIpc) is 1.45. The molecule has 5 aromatic carbocycles. The van der Waals surface area contributed by atoms with Gasteiger partial charge in [0.05, 0.1) is 23.9 Å². The number of amides is 3. The highest BCUT2D eigenvalue weighted by atomic mass is 16.5. The van der Waals surface area contributed by atoms with E-state index in [1.165, 1.54) is 28.3 Å². The van der Waals surface area contributed by atoms with Crippen molar-refractivity contribution in [2.24, 2.45) is 5.92 Å². The van der Waals surface area contributed by atoms with E-state index in [1.54, 1.807) is 76.7 Å². The molecule has 3 aromatic heterocycles. The summed E-state index contributed by atoms with van der Waals surface area (Å²) in [7, 11) is 3.71. The number of allylic oxidation sites excluding steroid dienone is 4. The van der Waals surface area contributed by atoms with Crippen molar-refractivity contribution in [3.63, 3.8) is 0 Å². The molecule has 0 bridgehead atoms. The SMILES string of the molecule is CN(C)CC=C(C#N)C(=O)N1CCCC(Nc2nc[n+](C=C(C#N)C(=O)N3CCC(CNc4ccnc(N)c4-c4ccc(Oc5ccccc5)cc4)CC3)c(N)c2-c2ccc(OC3=CC(=C(C#N)C(=O)N4CC(O)C(Nc5ncnc(N)c5-c5ccc(Oc6ccccc6)cc5)C4)CC=C3)cc2)C1. The molecule has 0 saturated carbocycles. The first-order chi connectivity index (χ1) is 50.1. The summed E-state index contributed by atoms with van der Waals surface area (Å²) in [6.45, 7) is 2.53. The third-order valence-electron chi connectivity index (χ3n) is 18.2. The molecule has 3 amide bonds. The van der Waals surface area contributed by atoms with Gasteiger partial charge in [0, 0.05) is 75.8 Å². The standard InChI is InChI=1S/C78H76N18O7/c1-92(2)36-33-55(40-79)76(98)94-35-10-12-57(45-94)90-75-70(73(84)96(49-89-75)44-56(41-80)77(99)93-37-31-50(32-38-93)43-86-65-30-34-85-71(82)68(65)51-18-24-60(25-19-51)101-58-13-5-3-6-14-58)53-22-28-62(29-23-53)103-63-17-9-11-54(39-63)64(42-81)78(100)95-46-66(67(97)47-95)91-74-69(72(83)87-48-88-74)52-20-26-61(27-21-52)102-59-15-7-4-8-16-59/h3-9,13-30,33-34,39,44,48-50,57,66-67,97H,10-12,31-32,35-38,43,45-47H2,1-2H3,(H8,82,83,84,85,86,87,88,90,91)/p+1. The van der Waals surface area contributed by atoms with Gasteiger partial charge in [-0.3, -0.25) is 14.4 Å². The fourth-order valence-electron chi connectivity index (χ4n) is 12.8. The molecule has 520 valence electrons. The van der Waals surface area contributed by atoms with E-state index in [-0.39, 0.29) is 72.3 Å². The lowest BCUT2D eigenvalue weighted by Gasteiger charge is -2.33. The van der Waals surface area contributed by atoms with Crippen molar-refractivity contribution in [2.75, 3.05) is 99.6 Å². The van der Waals surface area contributed by atoms with Crippen molar-refractivity contribution in [3.8, 4) is 80.3 Å². The minimum absolute atomic E-state index is 0.0425. The van der Waals surface area contributed by atoms with E-state index in [0.29, 0.717) is 132 Å². The number of pyridine rings is 1. The summed E-state index contributed by atoms with van der Waals surface area (Å²) in [5.74, 6) is 3.67. The molecule has 25 heteroatoms. The Labute approximate surface area is 596 Å². The zero-order chi connectivity index (χ0) is 71.9. The predicted octanol–water partition coefficient (Wildman–Crippen LogP) is 9.74. The average molecular weight is 1380 g/mol. The molecule has 3 unspecified atom stereocenters. The van der Waals surface area contributed by atoms with Crippen molar-refractivity contribution in [2.45, 2.75) is 50.3 Å². The van der Waals surface area contributed by atoms with Crippen LogP contribution in [0.2, 0.25) is 0 Å². The van der Waals surface area contributed by atoms with Crippen molar-refractivity contribution in [1.82, 2.24) is 39.5 Å². The maximum atomic E-state index is 14.3. The van der Waals surface area contributed by atoms with Crippen LogP contribution in [0.15, 0.2) is 211 Å². The Morgan fingerprint density at radius 3 is 1.85 bits per heavy atom. The Kier molecular flexibility index (Phi) is 22.0. The van der Waals surface area contributed by atoms with Gasteiger partial charge in [-0.2, -0.15) is 15.8 Å². The number of likely N-dealkylation sites (tertiary alicyclic amines) is 3. The molecule has 3 saturated heterocycles. The maximum Gasteiger partial charge on any atom is 0.267 e. The van der Waals surface area contributed by atoms with Crippen LogP contribution in [-0.4, -0.2) is 147 Å². The second-order valence-electron chi connectivity index (χ2n) is 25.6. The number of aliphatic hydroxyl groups is 1. The highest BCUT2D eigenvalue weighted by molar-refractivity contribution is 6.00. The van der Waals surface area contributed by atoms with Crippen LogP contribution < -0.4 is 51.9 Å². The highest BCUT2D eigenvalue weighted by Gasteiger charge is 2.37. The molecule has 10 N–H and O–H groups in total. The quantitative estimate of drug-likeness (QED) is 0.0188. The molecule has 8 aromatic rings. The number of anilines is 6. The smallest absolute Gasteiger partial charge is 0.267 e. The molecule has 12 rings (SSSR count). The number of β-amino-alcohol motifs (C(OH)–C–C–N with tert-alkyl or cyclic N) is 1. The number of carbonyl (C=O) groups excluding carboxylic acids is 3. The van der Waals surface area contributed by atoms with Gasteiger partial charge in [0.2, 0.25) is 18.0 Å².